The molecule has 28 heavy (non-hydrogen) atoms. The van der Waals surface area contributed by atoms with E-state index < -0.39 is 12.7 Å². The third-order valence-electron chi connectivity index (χ3n) is 5.43. The van der Waals surface area contributed by atoms with Gasteiger partial charge in [0.25, 0.3) is 0 Å². The molecule has 0 fully saturated rings. The number of aryl methyl sites for hydroxylation is 3. The summed E-state index contributed by atoms with van der Waals surface area (Å²) in [6.07, 6.45) is 0. The van der Waals surface area contributed by atoms with Crippen LogP contribution in [0.15, 0.2) is 40.8 Å². The van der Waals surface area contributed by atoms with Crippen LogP contribution in [0.3, 0.4) is 0 Å². The molecule has 0 aliphatic rings. The van der Waals surface area contributed by atoms with Gasteiger partial charge in [-0.05, 0) is 43.0 Å². The Bertz CT molecular complexity index is 1440. The Balaban J connectivity index is 2.13. The molecule has 0 radical (unpaired) electrons. The molecule has 0 aliphatic heterocycles. The molecule has 2 aromatic carbocycles. The number of hydrogen-bond acceptors (Lipinski definition) is 1. The maximum atomic E-state index is 8.51. The second-order valence-electron chi connectivity index (χ2n) is 7.46. The third kappa shape index (κ3) is 2.68. The fraction of sp³-hybridized carbons (Fsp3) is 0.280. The third-order valence-corrected chi connectivity index (χ3v) is 5.43. The monoisotopic (exact) mass is 373 g/mol. The average Bonchev–Trinajstić information content (AvgIpc) is 3.07. The van der Waals surface area contributed by atoms with Crippen molar-refractivity contribution in [2.45, 2.75) is 40.4 Å². The largest absolute Gasteiger partial charge is 0.466 e. The molecule has 2 aromatic heterocycles. The highest BCUT2D eigenvalue weighted by Gasteiger charge is 2.23. The van der Waals surface area contributed by atoms with Gasteiger partial charge in [-0.1, -0.05) is 31.5 Å². The summed E-state index contributed by atoms with van der Waals surface area (Å²) >= 11 is 0. The molecule has 3 heteroatoms. The number of furan rings is 1. The highest BCUT2D eigenvalue weighted by Crippen LogP contribution is 2.41. The molecule has 0 aliphatic carbocycles. The molecule has 1 unspecified atom stereocenters. The van der Waals surface area contributed by atoms with E-state index in [4.69, 9.17) is 16.5 Å². The minimum absolute atomic E-state index is 0.213. The van der Waals surface area contributed by atoms with E-state index in [1.165, 1.54) is 13.0 Å². The summed E-state index contributed by atoms with van der Waals surface area (Å²) < 4.78 is 40.4. The Kier molecular flexibility index (Phi) is 3.24. The van der Waals surface area contributed by atoms with Crippen LogP contribution in [0.5, 0.6) is 0 Å². The number of hydrogen-bond donors (Lipinski definition) is 0. The highest BCUT2D eigenvalue weighted by atomic mass is 16.3. The lowest BCUT2D eigenvalue weighted by Crippen LogP contribution is -2.35. The predicted octanol–water partition coefficient (Wildman–Crippen LogP) is 6.68. The zero-order chi connectivity index (χ0) is 23.6. The molecule has 0 amide bonds. The molecule has 140 valence electrons. The lowest BCUT2D eigenvalue weighted by molar-refractivity contribution is -0.666. The molecular formula is C25H25N2O+. The first-order valence-electron chi connectivity index (χ1n) is 11.2. The molecule has 4 rings (SSSR count). The van der Waals surface area contributed by atoms with E-state index in [2.05, 4.69) is 35.4 Å². The van der Waals surface area contributed by atoms with Gasteiger partial charge >= 0.3 is 0 Å². The van der Waals surface area contributed by atoms with Crippen molar-refractivity contribution in [2.75, 3.05) is 0 Å². The van der Waals surface area contributed by atoms with Gasteiger partial charge in [0, 0.05) is 35.3 Å². The van der Waals surface area contributed by atoms with Crippen molar-refractivity contribution >= 4 is 27.6 Å². The topological polar surface area (TPSA) is 21.4 Å². The van der Waals surface area contributed by atoms with Gasteiger partial charge in [-0.3, -0.25) is 0 Å². The fourth-order valence-corrected chi connectivity index (χ4v) is 3.85. The van der Waals surface area contributed by atoms with Crippen LogP contribution < -0.4 is 4.57 Å². The molecule has 4 aromatic rings. The van der Waals surface area contributed by atoms with Gasteiger partial charge in [0.1, 0.15) is 18.2 Å². The quantitative estimate of drug-likeness (QED) is 0.284. The molecule has 0 bridgehead atoms. The average molecular weight is 374 g/mol. The van der Waals surface area contributed by atoms with Gasteiger partial charge < -0.3 is 4.42 Å². The summed E-state index contributed by atoms with van der Waals surface area (Å²) in [5, 5.41) is 1.45. The van der Waals surface area contributed by atoms with Crippen molar-refractivity contribution in [2.24, 2.45) is 7.05 Å². The first kappa shape index (κ1) is 14.0. The van der Waals surface area contributed by atoms with Crippen molar-refractivity contribution in [1.29, 1.82) is 0 Å². The van der Waals surface area contributed by atoms with Crippen LogP contribution in [0.2, 0.25) is 0 Å². The second kappa shape index (κ2) is 6.49. The normalized spacial score (nSPS) is 16.1. The van der Waals surface area contributed by atoms with Crippen molar-refractivity contribution in [1.82, 2.24) is 0 Å². The van der Waals surface area contributed by atoms with Crippen LogP contribution in [0.4, 0.5) is 5.69 Å². The molecule has 0 spiro atoms. The second-order valence-corrected chi connectivity index (χ2v) is 7.46. The SMILES string of the molecule is [2H]C([2H])([2H])C([2H])(C)c1cc([N+]#[C-])c2oc3c(-c4cc(C)cc(C)[n+]4C)c(C)ccc3c2c1. The van der Waals surface area contributed by atoms with E-state index in [0.717, 1.165) is 33.5 Å². The molecule has 3 nitrogen and oxygen atoms in total. The first-order chi connectivity index (χ1) is 14.9. The van der Waals surface area contributed by atoms with Crippen molar-refractivity contribution in [3.8, 4) is 11.3 Å². The number of nitrogens with zero attached hydrogens (tertiary/aromatic N) is 2. The summed E-state index contributed by atoms with van der Waals surface area (Å²) in [5.41, 5.74) is 6.78. The van der Waals surface area contributed by atoms with Crippen LogP contribution in [0.1, 0.15) is 47.5 Å². The molecular weight excluding hydrogens is 344 g/mol. The Labute approximate surface area is 171 Å². The summed E-state index contributed by atoms with van der Waals surface area (Å²) in [5.74, 6) is -1.85. The predicted molar refractivity (Wildman–Crippen MR) is 115 cm³/mol. The van der Waals surface area contributed by atoms with Gasteiger partial charge in [0.2, 0.25) is 11.4 Å². The summed E-state index contributed by atoms with van der Waals surface area (Å²) in [6.45, 7) is 12.6. The van der Waals surface area contributed by atoms with E-state index in [9.17, 15) is 0 Å². The van der Waals surface area contributed by atoms with Crippen molar-refractivity contribution in [3.63, 3.8) is 0 Å². The van der Waals surface area contributed by atoms with E-state index in [-0.39, 0.29) is 11.3 Å². The van der Waals surface area contributed by atoms with Crippen molar-refractivity contribution < 1.29 is 14.5 Å². The Morgan fingerprint density at radius 1 is 1.11 bits per heavy atom. The minimum atomic E-state index is -2.53. The summed E-state index contributed by atoms with van der Waals surface area (Å²) in [6, 6.07) is 11.3. The van der Waals surface area contributed by atoms with Crippen LogP contribution >= 0.6 is 0 Å². The number of aromatic nitrogens is 1. The zero-order valence-electron chi connectivity index (χ0n) is 20.8. The number of rotatable bonds is 2. The van der Waals surface area contributed by atoms with Crippen LogP contribution in [-0.4, -0.2) is 0 Å². The van der Waals surface area contributed by atoms with Gasteiger partial charge in [0.15, 0.2) is 5.69 Å². The minimum Gasteiger partial charge on any atom is -0.466 e. The van der Waals surface area contributed by atoms with Gasteiger partial charge in [-0.15, -0.1) is 0 Å². The Morgan fingerprint density at radius 3 is 2.61 bits per heavy atom. The van der Waals surface area contributed by atoms with E-state index in [1.807, 2.05) is 26.1 Å². The first-order valence-corrected chi connectivity index (χ1v) is 9.22. The van der Waals surface area contributed by atoms with Crippen LogP contribution in [-0.2, 0) is 7.05 Å². The molecule has 0 saturated carbocycles. The fourth-order valence-electron chi connectivity index (χ4n) is 3.85. The molecule has 2 heterocycles. The van der Waals surface area contributed by atoms with E-state index in [1.54, 1.807) is 6.07 Å². The lowest BCUT2D eigenvalue weighted by atomic mass is 9.97. The lowest BCUT2D eigenvalue weighted by Gasteiger charge is -2.08. The van der Waals surface area contributed by atoms with Crippen molar-refractivity contribution in [3.05, 3.63) is 70.2 Å². The Hall–Kier alpha value is -3.12. The van der Waals surface area contributed by atoms with E-state index in [0.29, 0.717) is 16.6 Å². The maximum Gasteiger partial charge on any atom is 0.229 e. The van der Waals surface area contributed by atoms with Crippen LogP contribution in [0.25, 0.3) is 38.0 Å². The smallest absolute Gasteiger partial charge is 0.229 e. The number of pyridine rings is 1. The summed E-state index contributed by atoms with van der Waals surface area (Å²) in [7, 11) is 2.01. The Morgan fingerprint density at radius 2 is 1.89 bits per heavy atom. The molecule has 0 saturated heterocycles. The maximum absolute atomic E-state index is 8.51. The van der Waals surface area contributed by atoms with E-state index >= 15 is 0 Å². The van der Waals surface area contributed by atoms with Gasteiger partial charge in [0.05, 0.1) is 12.1 Å². The van der Waals surface area contributed by atoms with Gasteiger partial charge in [-0.2, -0.15) is 4.57 Å². The number of fused-ring (bicyclic) bond motifs is 3. The summed E-state index contributed by atoms with van der Waals surface area (Å²) in [4.78, 5) is 3.60. The standard InChI is InChI=1S/C25H25N2O/c1-14(2)18-12-20-19-9-8-16(4)23(22-11-15(3)10-17(5)27(22)7)25(19)28-24(20)21(13-18)26-6/h8-14H,1-5,7H3/q+1/i1D3,14D. The molecule has 0 N–H and O–H groups in total. The zero-order valence-corrected chi connectivity index (χ0v) is 16.8. The number of benzene rings is 2. The van der Waals surface area contributed by atoms with Gasteiger partial charge in [-0.25, -0.2) is 4.85 Å². The van der Waals surface area contributed by atoms with Crippen LogP contribution in [0, 0.1) is 27.3 Å². The highest BCUT2D eigenvalue weighted by molar-refractivity contribution is 6.13. The molecule has 1 atom stereocenters.